The summed E-state index contributed by atoms with van der Waals surface area (Å²) in [6.45, 7) is 7.37. The molecular formula is C31H45N5O6S2. The van der Waals surface area contributed by atoms with Gasteiger partial charge >= 0.3 is 0 Å². The number of fused-ring (bicyclic) bond motifs is 1. The molecule has 11 nitrogen and oxygen atoms in total. The average Bonchev–Trinajstić information content (AvgIpc) is 3.45. The van der Waals surface area contributed by atoms with Crippen LogP contribution in [0.15, 0.2) is 58.9 Å². The van der Waals surface area contributed by atoms with Gasteiger partial charge in [0.1, 0.15) is 5.72 Å². The van der Waals surface area contributed by atoms with E-state index in [1.807, 2.05) is 51.1 Å². The average molecular weight is 648 g/mol. The number of benzene rings is 2. The Bertz CT molecular complexity index is 1450. The second-order valence-corrected chi connectivity index (χ2v) is 14.2. The molecule has 0 fully saturated rings. The van der Waals surface area contributed by atoms with Gasteiger partial charge in [-0.3, -0.25) is 9.59 Å². The number of hydrogen-bond donors (Lipinski definition) is 4. The summed E-state index contributed by atoms with van der Waals surface area (Å²) in [6.07, 6.45) is 0.178. The molecule has 1 aromatic heterocycles. The fraction of sp³-hybridized carbons (Fsp3) is 0.516. The van der Waals surface area contributed by atoms with Crippen molar-refractivity contribution in [3.8, 4) is 0 Å². The molecule has 2 amide bonds. The van der Waals surface area contributed by atoms with Crippen LogP contribution in [0.5, 0.6) is 0 Å². The van der Waals surface area contributed by atoms with Crippen molar-refractivity contribution < 1.29 is 27.9 Å². The zero-order chi connectivity index (χ0) is 32.2. The Kier molecular flexibility index (Phi) is 13.7. The van der Waals surface area contributed by atoms with Crippen LogP contribution in [-0.4, -0.2) is 86.8 Å². The number of rotatable bonds is 19. The van der Waals surface area contributed by atoms with E-state index >= 15 is 0 Å². The first-order chi connectivity index (χ1) is 20.9. The van der Waals surface area contributed by atoms with Crippen molar-refractivity contribution in [3.05, 3.63) is 59.6 Å². The number of ether oxygens (including phenoxy) is 1. The number of hydrogen-bond acceptors (Lipinski definition) is 9. The second-order valence-electron chi connectivity index (χ2n) is 11.4. The molecule has 2 unspecified atom stereocenters. The summed E-state index contributed by atoms with van der Waals surface area (Å²) in [5.41, 5.74) is 1.32. The van der Waals surface area contributed by atoms with Gasteiger partial charge in [0.05, 0.1) is 33.8 Å². The smallest absolute Gasteiger partial charge is 0.245 e. The Morgan fingerprint density at radius 2 is 1.82 bits per heavy atom. The van der Waals surface area contributed by atoms with Crippen LogP contribution in [0.25, 0.3) is 10.2 Å². The van der Waals surface area contributed by atoms with Gasteiger partial charge in [-0.05, 0) is 35.6 Å². The SMILES string of the molecule is COCCNCC(=O)NCC(C)CC(=O)NCCC(O)(Cc1ccccc1)N(CC(C)C)S(=O)(=O)c1ccc2ncsc2c1. The van der Waals surface area contributed by atoms with Gasteiger partial charge in [-0.1, -0.05) is 51.1 Å². The molecule has 1 heterocycles. The fourth-order valence-electron chi connectivity index (χ4n) is 4.76. The van der Waals surface area contributed by atoms with E-state index in [0.717, 1.165) is 10.3 Å². The zero-order valence-corrected chi connectivity index (χ0v) is 27.5. The van der Waals surface area contributed by atoms with Gasteiger partial charge in [0.15, 0.2) is 0 Å². The molecule has 4 N–H and O–H groups in total. The van der Waals surface area contributed by atoms with Crippen molar-refractivity contribution in [3.63, 3.8) is 0 Å². The van der Waals surface area contributed by atoms with Crippen LogP contribution in [0.3, 0.4) is 0 Å². The minimum absolute atomic E-state index is 0.0271. The molecule has 2 atom stereocenters. The maximum absolute atomic E-state index is 14.2. The van der Waals surface area contributed by atoms with E-state index in [9.17, 15) is 23.1 Å². The molecule has 3 aromatic rings. The number of thiazole rings is 1. The zero-order valence-electron chi connectivity index (χ0n) is 25.9. The molecule has 0 aliphatic carbocycles. The van der Waals surface area contributed by atoms with Crippen LogP contribution < -0.4 is 16.0 Å². The normalized spacial score (nSPS) is 14.1. The minimum atomic E-state index is -4.14. The Balaban J connectivity index is 1.72. The molecule has 44 heavy (non-hydrogen) atoms. The highest BCUT2D eigenvalue weighted by molar-refractivity contribution is 7.89. The van der Waals surface area contributed by atoms with Crippen molar-refractivity contribution in [1.29, 1.82) is 0 Å². The number of carbonyl (C=O) groups is 2. The molecule has 0 bridgehead atoms. The molecule has 0 spiro atoms. The third-order valence-electron chi connectivity index (χ3n) is 7.01. The van der Waals surface area contributed by atoms with Crippen LogP contribution in [-0.2, 0) is 30.8 Å². The molecule has 2 aromatic carbocycles. The lowest BCUT2D eigenvalue weighted by atomic mass is 9.98. The third kappa shape index (κ3) is 10.6. The Morgan fingerprint density at radius 1 is 1.07 bits per heavy atom. The lowest BCUT2D eigenvalue weighted by molar-refractivity contribution is -0.124. The Morgan fingerprint density at radius 3 is 2.52 bits per heavy atom. The first-order valence-corrected chi connectivity index (χ1v) is 17.1. The molecule has 0 aliphatic heterocycles. The van der Waals surface area contributed by atoms with Crippen molar-refractivity contribution in [2.45, 2.75) is 50.7 Å². The maximum Gasteiger partial charge on any atom is 0.245 e. The molecule has 0 radical (unpaired) electrons. The number of nitrogens with zero attached hydrogens (tertiary/aromatic N) is 2. The summed E-state index contributed by atoms with van der Waals surface area (Å²) in [5.74, 6) is -0.623. The molecule has 3 rings (SSSR count). The van der Waals surface area contributed by atoms with Gasteiger partial charge < -0.3 is 25.8 Å². The highest BCUT2D eigenvalue weighted by atomic mass is 32.2. The van der Waals surface area contributed by atoms with E-state index in [4.69, 9.17) is 4.74 Å². The number of aliphatic hydroxyl groups is 1. The van der Waals surface area contributed by atoms with Crippen LogP contribution in [0, 0.1) is 11.8 Å². The Hall–Kier alpha value is -2.94. The highest BCUT2D eigenvalue weighted by Gasteiger charge is 2.43. The largest absolute Gasteiger partial charge is 0.383 e. The molecular weight excluding hydrogens is 603 g/mol. The molecule has 242 valence electrons. The first kappa shape index (κ1) is 35.5. The van der Waals surface area contributed by atoms with E-state index < -0.39 is 15.7 Å². The van der Waals surface area contributed by atoms with Gasteiger partial charge in [0, 0.05) is 52.6 Å². The summed E-state index contributed by atoms with van der Waals surface area (Å²) in [5, 5.41) is 20.8. The summed E-state index contributed by atoms with van der Waals surface area (Å²) in [7, 11) is -2.55. The standard InChI is InChI=1S/C31H45N5O6S2/c1-23(2)21-36(44(40,41)26-10-11-27-28(17-26)43-22-35-27)31(39,18-25-8-6-5-7-9-25)12-13-33-29(37)16-24(3)19-34-30(38)20-32-14-15-42-4/h5-11,17,22-24,32,39H,12-16,18-21H2,1-4H3,(H,33,37)(H,34,38). The number of amides is 2. The van der Waals surface area contributed by atoms with E-state index in [-0.39, 0.29) is 67.4 Å². The summed E-state index contributed by atoms with van der Waals surface area (Å²) in [4.78, 5) is 29.1. The van der Waals surface area contributed by atoms with E-state index in [1.165, 1.54) is 21.7 Å². The summed E-state index contributed by atoms with van der Waals surface area (Å²) >= 11 is 1.35. The van der Waals surface area contributed by atoms with Crippen molar-refractivity contribution in [2.75, 3.05) is 46.4 Å². The van der Waals surface area contributed by atoms with E-state index in [1.54, 1.807) is 24.8 Å². The Labute approximate surface area is 264 Å². The van der Waals surface area contributed by atoms with Crippen LogP contribution >= 0.6 is 11.3 Å². The molecule has 0 saturated heterocycles. The summed E-state index contributed by atoms with van der Waals surface area (Å²) in [6, 6.07) is 14.0. The maximum atomic E-state index is 14.2. The monoisotopic (exact) mass is 647 g/mol. The quantitative estimate of drug-likeness (QED) is 0.115. The van der Waals surface area contributed by atoms with Crippen molar-refractivity contribution in [1.82, 2.24) is 25.2 Å². The van der Waals surface area contributed by atoms with E-state index in [2.05, 4.69) is 20.9 Å². The predicted molar refractivity (Wildman–Crippen MR) is 173 cm³/mol. The lowest BCUT2D eigenvalue weighted by Gasteiger charge is -2.40. The van der Waals surface area contributed by atoms with Crippen molar-refractivity contribution >= 4 is 43.4 Å². The van der Waals surface area contributed by atoms with Crippen molar-refractivity contribution in [2.24, 2.45) is 11.8 Å². The highest BCUT2D eigenvalue weighted by Crippen LogP contribution is 2.32. The number of sulfonamides is 1. The van der Waals surface area contributed by atoms with Gasteiger partial charge in [0.25, 0.3) is 0 Å². The number of nitrogens with one attached hydrogen (secondary N) is 3. The minimum Gasteiger partial charge on any atom is -0.383 e. The summed E-state index contributed by atoms with van der Waals surface area (Å²) < 4.78 is 35.2. The molecule has 0 saturated carbocycles. The number of aromatic nitrogens is 1. The van der Waals surface area contributed by atoms with Crippen LogP contribution in [0.1, 0.15) is 39.2 Å². The van der Waals surface area contributed by atoms with Gasteiger partial charge in [-0.15, -0.1) is 11.3 Å². The van der Waals surface area contributed by atoms with Crippen LogP contribution in [0.2, 0.25) is 0 Å². The van der Waals surface area contributed by atoms with E-state index in [0.29, 0.717) is 25.2 Å². The van der Waals surface area contributed by atoms with Gasteiger partial charge in [-0.25, -0.2) is 13.4 Å². The van der Waals surface area contributed by atoms with Gasteiger partial charge in [0.2, 0.25) is 21.8 Å². The topological polar surface area (TPSA) is 150 Å². The molecule has 13 heteroatoms. The lowest BCUT2D eigenvalue weighted by Crippen LogP contribution is -2.55. The number of methoxy groups -OCH3 is 1. The number of carbonyl (C=O) groups excluding carboxylic acids is 2. The first-order valence-electron chi connectivity index (χ1n) is 14.8. The second kappa shape index (κ2) is 16.9. The molecule has 0 aliphatic rings. The van der Waals surface area contributed by atoms with Crippen LogP contribution in [0.4, 0.5) is 0 Å². The van der Waals surface area contributed by atoms with Gasteiger partial charge in [-0.2, -0.15) is 4.31 Å². The third-order valence-corrected chi connectivity index (χ3v) is 9.72. The fourth-order valence-corrected chi connectivity index (χ4v) is 7.41. The predicted octanol–water partition coefficient (Wildman–Crippen LogP) is 2.76.